The van der Waals surface area contributed by atoms with E-state index in [1.54, 1.807) is 0 Å². The molecule has 0 heterocycles. The summed E-state index contributed by atoms with van der Waals surface area (Å²) >= 11 is 0. The normalized spacial score (nSPS) is 13.7. The van der Waals surface area contributed by atoms with Gasteiger partial charge in [0.25, 0.3) is 0 Å². The maximum Gasteiger partial charge on any atom is 0.326 e. The van der Waals surface area contributed by atoms with Gasteiger partial charge in [-0.2, -0.15) is 0 Å². The lowest BCUT2D eigenvalue weighted by Crippen LogP contribution is -2.56. The fourth-order valence-corrected chi connectivity index (χ4v) is 2.97. The van der Waals surface area contributed by atoms with Gasteiger partial charge in [-0.25, -0.2) is 4.79 Å². The second-order valence-corrected chi connectivity index (χ2v) is 8.49. The third-order valence-corrected chi connectivity index (χ3v) is 4.44. The fourth-order valence-electron chi connectivity index (χ4n) is 2.97. The van der Waals surface area contributed by atoms with Crippen molar-refractivity contribution in [3.05, 3.63) is 0 Å². The van der Waals surface area contributed by atoms with Gasteiger partial charge < -0.3 is 38.3 Å². The monoisotopic (exact) mass is 457 g/mol. The van der Waals surface area contributed by atoms with E-state index in [4.69, 9.17) is 17.2 Å². The van der Waals surface area contributed by atoms with Crippen molar-refractivity contribution in [2.45, 2.75) is 71.5 Å². The SMILES string of the molecule is CC(C)CC(NC(=O)C(CCCN=C(N)N)NC(=O)C(CC(C)C)NC(=O)CN)C(=O)O. The number of nitrogens with one attached hydrogen (secondary N) is 3. The Morgan fingerprint density at radius 1 is 0.844 bits per heavy atom. The van der Waals surface area contributed by atoms with Crippen molar-refractivity contribution in [1.82, 2.24) is 16.0 Å². The number of amides is 3. The summed E-state index contributed by atoms with van der Waals surface area (Å²) in [4.78, 5) is 52.8. The van der Waals surface area contributed by atoms with E-state index in [1.807, 2.05) is 27.7 Å². The fraction of sp³-hybridized carbons (Fsp3) is 0.750. The number of hydrogen-bond acceptors (Lipinski definition) is 6. The topological polar surface area (TPSA) is 215 Å². The molecule has 0 spiro atoms. The zero-order valence-corrected chi connectivity index (χ0v) is 19.4. The molecule has 0 bridgehead atoms. The molecule has 0 radical (unpaired) electrons. The van der Waals surface area contributed by atoms with Crippen LogP contribution in [0.1, 0.15) is 53.4 Å². The van der Waals surface area contributed by atoms with E-state index in [9.17, 15) is 24.3 Å². The Balaban J connectivity index is 5.48. The first-order valence-electron chi connectivity index (χ1n) is 10.8. The molecule has 10 N–H and O–H groups in total. The summed E-state index contributed by atoms with van der Waals surface area (Å²) in [6, 6.07) is -3.01. The Kier molecular flexibility index (Phi) is 13.6. The summed E-state index contributed by atoms with van der Waals surface area (Å²) < 4.78 is 0. The second kappa shape index (κ2) is 15.0. The molecule has 184 valence electrons. The molecular weight excluding hydrogens is 418 g/mol. The van der Waals surface area contributed by atoms with Crippen LogP contribution in [0.2, 0.25) is 0 Å². The largest absolute Gasteiger partial charge is 0.480 e. The lowest BCUT2D eigenvalue weighted by Gasteiger charge is -2.25. The maximum atomic E-state index is 12.9. The summed E-state index contributed by atoms with van der Waals surface area (Å²) in [6.45, 7) is 7.41. The molecule has 32 heavy (non-hydrogen) atoms. The summed E-state index contributed by atoms with van der Waals surface area (Å²) in [5.41, 5.74) is 15.9. The summed E-state index contributed by atoms with van der Waals surface area (Å²) in [6.07, 6.45) is 1.10. The van der Waals surface area contributed by atoms with E-state index < -0.39 is 41.8 Å². The van der Waals surface area contributed by atoms with Crippen LogP contribution in [0.4, 0.5) is 0 Å². The standard InChI is InChI=1S/C20H39N7O5/c1-11(2)8-14(25-16(28)10-21)18(30)26-13(6-5-7-24-20(22)23)17(29)27-15(19(31)32)9-12(3)4/h11-15H,5-10,21H2,1-4H3,(H,25,28)(H,26,30)(H,27,29)(H,31,32)(H4,22,23,24). The van der Waals surface area contributed by atoms with Crippen LogP contribution in [-0.4, -0.2) is 66.0 Å². The highest BCUT2D eigenvalue weighted by molar-refractivity contribution is 5.93. The van der Waals surface area contributed by atoms with Crippen molar-refractivity contribution in [1.29, 1.82) is 0 Å². The van der Waals surface area contributed by atoms with Gasteiger partial charge in [-0.3, -0.25) is 19.4 Å². The molecular formula is C20H39N7O5. The summed E-state index contributed by atoms with van der Waals surface area (Å²) in [5.74, 6) is -2.83. The van der Waals surface area contributed by atoms with E-state index in [0.29, 0.717) is 12.8 Å². The van der Waals surface area contributed by atoms with Crippen molar-refractivity contribution in [3.63, 3.8) is 0 Å². The van der Waals surface area contributed by atoms with Crippen molar-refractivity contribution in [2.75, 3.05) is 13.1 Å². The van der Waals surface area contributed by atoms with Crippen LogP contribution in [0, 0.1) is 11.8 Å². The van der Waals surface area contributed by atoms with Gasteiger partial charge in [-0.15, -0.1) is 0 Å². The predicted molar refractivity (Wildman–Crippen MR) is 121 cm³/mol. The maximum absolute atomic E-state index is 12.9. The molecule has 0 fully saturated rings. The van der Waals surface area contributed by atoms with Crippen molar-refractivity contribution >= 4 is 29.7 Å². The van der Waals surface area contributed by atoms with Gasteiger partial charge in [0, 0.05) is 6.54 Å². The Labute approximate surface area is 189 Å². The van der Waals surface area contributed by atoms with Crippen LogP contribution < -0.4 is 33.2 Å². The van der Waals surface area contributed by atoms with Gasteiger partial charge in [0.2, 0.25) is 17.7 Å². The van der Waals surface area contributed by atoms with E-state index in [-0.39, 0.29) is 43.7 Å². The Hall–Kier alpha value is -2.89. The first-order chi connectivity index (χ1) is 14.9. The van der Waals surface area contributed by atoms with Crippen LogP contribution in [0.25, 0.3) is 0 Å². The van der Waals surface area contributed by atoms with E-state index in [2.05, 4.69) is 20.9 Å². The molecule has 0 saturated heterocycles. The average molecular weight is 458 g/mol. The molecule has 0 aliphatic carbocycles. The highest BCUT2D eigenvalue weighted by atomic mass is 16.4. The Morgan fingerprint density at radius 2 is 1.34 bits per heavy atom. The Bertz CT molecular complexity index is 663. The number of carboxylic acid groups (broad SMARTS) is 1. The molecule has 0 aromatic carbocycles. The van der Waals surface area contributed by atoms with Crippen LogP contribution in [0.5, 0.6) is 0 Å². The quantitative estimate of drug-likeness (QED) is 0.0882. The highest BCUT2D eigenvalue weighted by Crippen LogP contribution is 2.09. The molecule has 3 amide bonds. The second-order valence-electron chi connectivity index (χ2n) is 8.49. The Morgan fingerprint density at radius 3 is 1.81 bits per heavy atom. The van der Waals surface area contributed by atoms with E-state index in [0.717, 1.165) is 0 Å². The van der Waals surface area contributed by atoms with E-state index in [1.165, 1.54) is 0 Å². The number of aliphatic imine (C=N–C) groups is 1. The number of carboxylic acids is 1. The number of nitrogens with two attached hydrogens (primary N) is 3. The average Bonchev–Trinajstić information content (AvgIpc) is 2.67. The number of carbonyl (C=O) groups excluding carboxylic acids is 3. The highest BCUT2D eigenvalue weighted by Gasteiger charge is 2.29. The van der Waals surface area contributed by atoms with Gasteiger partial charge >= 0.3 is 5.97 Å². The number of rotatable bonds is 15. The predicted octanol–water partition coefficient (Wildman–Crippen LogP) is -1.37. The first kappa shape index (κ1) is 29.1. The minimum Gasteiger partial charge on any atom is -0.480 e. The molecule has 12 heteroatoms. The molecule has 3 atom stereocenters. The van der Waals surface area contributed by atoms with Gasteiger partial charge in [0.05, 0.1) is 6.54 Å². The summed E-state index contributed by atoms with van der Waals surface area (Å²) in [5, 5.41) is 17.1. The molecule has 0 saturated carbocycles. The smallest absolute Gasteiger partial charge is 0.326 e. The number of hydrogen-bond donors (Lipinski definition) is 7. The summed E-state index contributed by atoms with van der Waals surface area (Å²) in [7, 11) is 0. The van der Waals surface area contributed by atoms with Crippen LogP contribution in [0.15, 0.2) is 4.99 Å². The third kappa shape index (κ3) is 12.7. The van der Waals surface area contributed by atoms with Gasteiger partial charge in [-0.05, 0) is 37.5 Å². The molecule has 0 aromatic rings. The number of nitrogens with zero attached hydrogens (tertiary/aromatic N) is 1. The molecule has 0 aliphatic rings. The minimum absolute atomic E-state index is 0.0354. The zero-order chi connectivity index (χ0) is 24.8. The van der Waals surface area contributed by atoms with Gasteiger partial charge in [-0.1, -0.05) is 27.7 Å². The lowest BCUT2D eigenvalue weighted by molar-refractivity contribution is -0.142. The third-order valence-electron chi connectivity index (χ3n) is 4.44. The minimum atomic E-state index is -1.16. The lowest BCUT2D eigenvalue weighted by atomic mass is 10.0. The number of carbonyl (C=O) groups is 4. The first-order valence-corrected chi connectivity index (χ1v) is 10.8. The van der Waals surface area contributed by atoms with Crippen molar-refractivity contribution in [3.8, 4) is 0 Å². The molecule has 3 unspecified atom stereocenters. The number of guanidine groups is 1. The molecule has 0 aliphatic heterocycles. The van der Waals surface area contributed by atoms with Gasteiger partial charge in [0.15, 0.2) is 5.96 Å². The number of aliphatic carboxylic acids is 1. The van der Waals surface area contributed by atoms with Crippen LogP contribution >= 0.6 is 0 Å². The van der Waals surface area contributed by atoms with Crippen molar-refractivity contribution < 1.29 is 24.3 Å². The van der Waals surface area contributed by atoms with Gasteiger partial charge in [0.1, 0.15) is 18.1 Å². The molecule has 12 nitrogen and oxygen atoms in total. The van der Waals surface area contributed by atoms with Crippen LogP contribution in [0.3, 0.4) is 0 Å². The van der Waals surface area contributed by atoms with Crippen LogP contribution in [-0.2, 0) is 19.2 Å². The van der Waals surface area contributed by atoms with E-state index >= 15 is 0 Å². The molecule has 0 rings (SSSR count). The zero-order valence-electron chi connectivity index (χ0n) is 19.4. The molecule has 0 aromatic heterocycles. The van der Waals surface area contributed by atoms with Crippen molar-refractivity contribution in [2.24, 2.45) is 34.0 Å².